The summed E-state index contributed by atoms with van der Waals surface area (Å²) in [4.78, 5) is 10.7. The third-order valence-corrected chi connectivity index (χ3v) is 3.99. The van der Waals surface area contributed by atoms with Crippen molar-refractivity contribution >= 4 is 16.8 Å². The average Bonchev–Trinajstić information content (AvgIpc) is 2.95. The Labute approximate surface area is 118 Å². The summed E-state index contributed by atoms with van der Waals surface area (Å²) in [5.74, 6) is -0.216. The van der Waals surface area contributed by atoms with Crippen molar-refractivity contribution in [3.8, 4) is 5.75 Å². The molecule has 20 heavy (non-hydrogen) atoms. The summed E-state index contributed by atoms with van der Waals surface area (Å²) >= 11 is 0. The van der Waals surface area contributed by atoms with E-state index in [2.05, 4.69) is 0 Å². The largest absolute Gasteiger partial charge is 0.497 e. The number of aryl methyl sites for hydroxylation is 1. The lowest BCUT2D eigenvalue weighted by Crippen LogP contribution is -2.01. The van der Waals surface area contributed by atoms with Crippen molar-refractivity contribution in [1.82, 2.24) is 0 Å². The molecular formula is C14H14O5S. The van der Waals surface area contributed by atoms with E-state index in [1.807, 2.05) is 24.3 Å². The number of furan rings is 1. The fourth-order valence-corrected chi connectivity index (χ4v) is 2.69. The molecule has 1 aromatic carbocycles. The molecule has 0 saturated heterocycles. The summed E-state index contributed by atoms with van der Waals surface area (Å²) in [7, 11) is 0.250. The topological polar surface area (TPSA) is 76.7 Å². The van der Waals surface area contributed by atoms with Crippen LogP contribution in [0.1, 0.15) is 16.1 Å². The fourth-order valence-electron chi connectivity index (χ4n) is 1.66. The molecule has 0 aliphatic rings. The van der Waals surface area contributed by atoms with Crippen LogP contribution >= 0.6 is 0 Å². The predicted molar refractivity (Wildman–Crippen MR) is 73.6 cm³/mol. The van der Waals surface area contributed by atoms with Crippen LogP contribution in [0, 0.1) is 0 Å². The van der Waals surface area contributed by atoms with Gasteiger partial charge in [-0.05, 0) is 36.2 Å². The Kier molecular flexibility index (Phi) is 4.57. The number of rotatable bonds is 6. The number of carbonyl (C=O) groups is 1. The highest BCUT2D eigenvalue weighted by Gasteiger charge is 2.13. The Morgan fingerprint density at radius 2 is 1.95 bits per heavy atom. The fraction of sp³-hybridized carbons (Fsp3) is 0.214. The number of methoxy groups -OCH3 is 1. The van der Waals surface area contributed by atoms with E-state index in [0.717, 1.165) is 11.3 Å². The molecule has 1 N–H and O–H groups in total. The predicted octanol–water partition coefficient (Wildman–Crippen LogP) is 2.34. The van der Waals surface area contributed by atoms with Crippen LogP contribution in [0.2, 0.25) is 0 Å². The van der Waals surface area contributed by atoms with Crippen molar-refractivity contribution < 1.29 is 23.3 Å². The number of hydrogen-bond donors (Lipinski definition) is 1. The summed E-state index contributed by atoms with van der Waals surface area (Å²) < 4.78 is 22.0. The van der Waals surface area contributed by atoms with Crippen molar-refractivity contribution in [2.24, 2.45) is 0 Å². The monoisotopic (exact) mass is 294 g/mol. The lowest BCUT2D eigenvalue weighted by molar-refractivity contribution is 0.0656. The maximum absolute atomic E-state index is 12.0. The van der Waals surface area contributed by atoms with Crippen molar-refractivity contribution in [3.05, 3.63) is 47.7 Å². The third kappa shape index (κ3) is 3.48. The molecule has 2 aromatic rings. The SMILES string of the molecule is COc1ccc(CCS(=O)c2ccc(C(=O)O)o2)cc1. The van der Waals surface area contributed by atoms with Gasteiger partial charge >= 0.3 is 5.97 Å². The lowest BCUT2D eigenvalue weighted by Gasteiger charge is -2.03. The van der Waals surface area contributed by atoms with E-state index < -0.39 is 16.8 Å². The quantitative estimate of drug-likeness (QED) is 0.885. The van der Waals surface area contributed by atoms with Crippen LogP contribution in [0.4, 0.5) is 0 Å². The van der Waals surface area contributed by atoms with Gasteiger partial charge in [-0.1, -0.05) is 12.1 Å². The third-order valence-electron chi connectivity index (χ3n) is 2.75. The number of carboxylic acid groups (broad SMARTS) is 1. The highest BCUT2D eigenvalue weighted by Crippen LogP contribution is 2.15. The zero-order chi connectivity index (χ0) is 14.5. The molecule has 0 saturated carbocycles. The molecule has 1 heterocycles. The zero-order valence-electron chi connectivity index (χ0n) is 10.9. The molecule has 5 nitrogen and oxygen atoms in total. The van der Waals surface area contributed by atoms with E-state index in [1.54, 1.807) is 7.11 Å². The van der Waals surface area contributed by atoms with Crippen LogP contribution in [0.5, 0.6) is 5.75 Å². The van der Waals surface area contributed by atoms with E-state index in [4.69, 9.17) is 14.3 Å². The van der Waals surface area contributed by atoms with Crippen LogP contribution in [-0.4, -0.2) is 28.1 Å². The van der Waals surface area contributed by atoms with Gasteiger partial charge in [-0.2, -0.15) is 0 Å². The normalized spacial score (nSPS) is 12.1. The van der Waals surface area contributed by atoms with E-state index in [9.17, 15) is 9.00 Å². The number of hydrogen-bond acceptors (Lipinski definition) is 4. The van der Waals surface area contributed by atoms with Crippen molar-refractivity contribution in [1.29, 1.82) is 0 Å². The Bertz CT molecular complexity index is 615. The molecule has 1 unspecified atom stereocenters. The molecule has 0 spiro atoms. The number of ether oxygens (including phenoxy) is 1. The van der Waals surface area contributed by atoms with Crippen LogP contribution in [-0.2, 0) is 17.2 Å². The van der Waals surface area contributed by atoms with Crippen molar-refractivity contribution in [3.63, 3.8) is 0 Å². The summed E-state index contributed by atoms with van der Waals surface area (Å²) in [6.07, 6.45) is 0.611. The van der Waals surface area contributed by atoms with Crippen LogP contribution in [0.15, 0.2) is 45.9 Å². The molecule has 0 aliphatic heterocycles. The first kappa shape index (κ1) is 14.3. The second-order valence-corrected chi connectivity index (χ2v) is 5.57. The van der Waals surface area contributed by atoms with E-state index >= 15 is 0 Å². The van der Waals surface area contributed by atoms with Crippen molar-refractivity contribution in [2.45, 2.75) is 11.5 Å². The minimum atomic E-state index is -1.35. The van der Waals surface area contributed by atoms with Crippen molar-refractivity contribution in [2.75, 3.05) is 12.9 Å². The summed E-state index contributed by atoms with van der Waals surface area (Å²) in [5, 5.41) is 8.92. The molecule has 0 radical (unpaired) electrons. The van der Waals surface area contributed by atoms with Crippen LogP contribution < -0.4 is 4.74 Å². The van der Waals surface area contributed by atoms with Gasteiger partial charge in [-0.15, -0.1) is 0 Å². The second-order valence-electron chi connectivity index (χ2n) is 4.07. The minimum Gasteiger partial charge on any atom is -0.497 e. The van der Waals surface area contributed by atoms with Gasteiger partial charge < -0.3 is 14.3 Å². The smallest absolute Gasteiger partial charge is 0.371 e. The summed E-state index contributed by atoms with van der Waals surface area (Å²) in [6, 6.07) is 10.2. The van der Waals surface area contributed by atoms with E-state index in [1.165, 1.54) is 12.1 Å². The molecule has 0 fully saturated rings. The van der Waals surface area contributed by atoms with Gasteiger partial charge in [-0.25, -0.2) is 4.79 Å². The average molecular weight is 294 g/mol. The highest BCUT2D eigenvalue weighted by atomic mass is 32.2. The van der Waals surface area contributed by atoms with E-state index in [0.29, 0.717) is 12.2 Å². The molecule has 1 aromatic heterocycles. The molecule has 0 bridgehead atoms. The van der Waals surface area contributed by atoms with Gasteiger partial charge in [0.1, 0.15) is 5.75 Å². The molecule has 2 rings (SSSR count). The molecule has 0 amide bonds. The maximum Gasteiger partial charge on any atom is 0.371 e. The lowest BCUT2D eigenvalue weighted by atomic mass is 10.2. The van der Waals surface area contributed by atoms with Gasteiger partial charge in [0.25, 0.3) is 0 Å². The van der Waals surface area contributed by atoms with Gasteiger partial charge in [0.05, 0.1) is 17.9 Å². The minimum absolute atomic E-state index is 0.191. The summed E-state index contributed by atoms with van der Waals surface area (Å²) in [5.41, 5.74) is 1.03. The van der Waals surface area contributed by atoms with Gasteiger partial charge in [-0.3, -0.25) is 4.21 Å². The Morgan fingerprint density at radius 3 is 2.50 bits per heavy atom. The van der Waals surface area contributed by atoms with E-state index in [-0.39, 0.29) is 10.9 Å². The first-order chi connectivity index (χ1) is 9.60. The highest BCUT2D eigenvalue weighted by molar-refractivity contribution is 7.84. The maximum atomic E-state index is 12.0. The molecule has 0 aliphatic carbocycles. The Balaban J connectivity index is 1.95. The standard InChI is InChI=1S/C14H14O5S/c1-18-11-4-2-10(3-5-11)8-9-20(17)13-7-6-12(19-13)14(15)16/h2-7H,8-9H2,1H3,(H,15,16). The molecule has 1 atom stereocenters. The van der Waals surface area contributed by atoms with Crippen LogP contribution in [0.3, 0.4) is 0 Å². The Morgan fingerprint density at radius 1 is 1.25 bits per heavy atom. The molecule has 106 valence electrons. The second kappa shape index (κ2) is 6.38. The van der Waals surface area contributed by atoms with Gasteiger partial charge in [0.2, 0.25) is 5.76 Å². The molecular weight excluding hydrogens is 280 g/mol. The Hall–Kier alpha value is -2.08. The number of aromatic carboxylic acids is 1. The first-order valence-corrected chi connectivity index (χ1v) is 7.26. The number of carboxylic acids is 1. The zero-order valence-corrected chi connectivity index (χ0v) is 11.7. The van der Waals surface area contributed by atoms with Gasteiger partial charge in [0.15, 0.2) is 5.09 Å². The number of benzene rings is 1. The van der Waals surface area contributed by atoms with Crippen LogP contribution in [0.25, 0.3) is 0 Å². The summed E-state index contributed by atoms with van der Waals surface area (Å²) in [6.45, 7) is 0. The first-order valence-electron chi connectivity index (χ1n) is 5.94. The molecule has 6 heteroatoms. The van der Waals surface area contributed by atoms with Gasteiger partial charge in [0, 0.05) is 5.75 Å².